The van der Waals surface area contributed by atoms with E-state index in [-0.39, 0.29) is 3.94 Å². The normalized spacial score (nSPS) is 7.86. The molecule has 0 aromatic rings. The fraction of sp³-hybridized carbons (Fsp3) is 0. The van der Waals surface area contributed by atoms with Crippen LogP contribution in [0.1, 0.15) is 0 Å². The first-order valence-electron chi connectivity index (χ1n) is 1.20. The molecule has 2 amide bonds. The monoisotopic (exact) mass is 162 g/mol. The lowest BCUT2D eigenvalue weighted by molar-refractivity contribution is 0.242. The maximum Gasteiger partial charge on any atom is 0.361 e. The second-order valence-corrected chi connectivity index (χ2v) is 1.67. The maximum absolute atomic E-state index is 9.93. The summed E-state index contributed by atoms with van der Waals surface area (Å²) in [4.78, 5) is 11.6. The van der Waals surface area contributed by atoms with Crippen LogP contribution in [0.15, 0.2) is 0 Å². The van der Waals surface area contributed by atoms with Gasteiger partial charge in [0.2, 0.25) is 0 Å². The molecule has 0 aromatic heterocycles. The summed E-state index contributed by atoms with van der Waals surface area (Å²) in [5, 5.41) is 0. The van der Waals surface area contributed by atoms with Crippen molar-refractivity contribution in [1.29, 1.82) is 0 Å². The van der Waals surface area contributed by atoms with Crippen molar-refractivity contribution in [3.05, 3.63) is 0 Å². The van der Waals surface area contributed by atoms with Gasteiger partial charge in [-0.3, -0.25) is 0 Å². The van der Waals surface area contributed by atoms with E-state index in [0.717, 1.165) is 0 Å². The third-order valence-corrected chi connectivity index (χ3v) is 0.703. The first-order valence-corrected chi connectivity index (χ1v) is 2.26. The molecule has 0 aliphatic rings. The molecule has 0 saturated carbocycles. The number of hydrogen-bond acceptors (Lipinski definition) is 1. The number of carbonyl (C=O) groups is 1. The number of urea groups is 1. The molecule has 0 heterocycles. The van der Waals surface area contributed by atoms with Crippen LogP contribution < -0.4 is 4.84 Å². The summed E-state index contributed by atoms with van der Waals surface area (Å²) >= 11 is 14.4. The number of nitrogens with one attached hydrogen (secondary N) is 1. The lowest BCUT2D eigenvalue weighted by Crippen LogP contribution is -2.19. The van der Waals surface area contributed by atoms with Crippen molar-refractivity contribution < 1.29 is 4.79 Å². The zero-order chi connectivity index (χ0) is 5.86. The van der Waals surface area contributed by atoms with Crippen LogP contribution in [0.25, 0.3) is 0 Å². The van der Waals surface area contributed by atoms with E-state index >= 15 is 0 Å². The Balaban J connectivity index is 3.35. The van der Waals surface area contributed by atoms with Crippen LogP contribution in [-0.2, 0) is 0 Å². The molecule has 6 heteroatoms. The van der Waals surface area contributed by atoms with Crippen LogP contribution in [0.3, 0.4) is 0 Å². The molecule has 42 valence electrons. The first kappa shape index (κ1) is 7.14. The van der Waals surface area contributed by atoms with Gasteiger partial charge in [0.15, 0.2) is 0 Å². The Hall–Kier alpha value is 0.140. The fourth-order valence-corrected chi connectivity index (χ4v) is 0.287. The van der Waals surface area contributed by atoms with Gasteiger partial charge in [0.05, 0.1) is 0 Å². The van der Waals surface area contributed by atoms with Crippen molar-refractivity contribution in [1.82, 2.24) is 8.77 Å². The largest absolute Gasteiger partial charge is 0.361 e. The number of nitrogens with zero attached hydrogens (tertiary/aromatic N) is 1. The van der Waals surface area contributed by atoms with Gasteiger partial charge >= 0.3 is 6.03 Å². The van der Waals surface area contributed by atoms with Crippen molar-refractivity contribution in [3.63, 3.8) is 0 Å². The van der Waals surface area contributed by atoms with Crippen LogP contribution in [0.5, 0.6) is 0 Å². The molecule has 7 heavy (non-hydrogen) atoms. The van der Waals surface area contributed by atoms with Gasteiger partial charge in [-0.25, -0.2) is 9.63 Å². The number of hydrogen-bond donors (Lipinski definition) is 1. The topological polar surface area (TPSA) is 32.3 Å². The Morgan fingerprint density at radius 2 is 2.00 bits per heavy atom. The van der Waals surface area contributed by atoms with E-state index in [1.165, 1.54) is 0 Å². The highest BCUT2D eigenvalue weighted by molar-refractivity contribution is 6.43. The molecule has 0 bridgehead atoms. The molecule has 0 aliphatic heterocycles. The Morgan fingerprint density at radius 3 is 2.00 bits per heavy atom. The minimum absolute atomic E-state index is 0.285. The van der Waals surface area contributed by atoms with Crippen molar-refractivity contribution >= 4 is 41.4 Å². The molecule has 0 atom stereocenters. The second kappa shape index (κ2) is 3.18. The van der Waals surface area contributed by atoms with Crippen molar-refractivity contribution in [2.75, 3.05) is 0 Å². The highest BCUT2D eigenvalue weighted by Crippen LogP contribution is 1.97. The van der Waals surface area contributed by atoms with Gasteiger partial charge in [0.25, 0.3) is 0 Å². The first-order chi connectivity index (χ1) is 3.18. The molecule has 0 fully saturated rings. The fourth-order valence-electron chi connectivity index (χ4n) is 0.0319. The number of amides is 2. The maximum atomic E-state index is 9.93. The van der Waals surface area contributed by atoms with Crippen LogP contribution in [0, 0.1) is 0 Å². The number of carbonyl (C=O) groups excluding carboxylic acids is 1. The molecule has 3 nitrogen and oxygen atoms in total. The summed E-state index contributed by atoms with van der Waals surface area (Å²) in [6.45, 7) is 0. The van der Waals surface area contributed by atoms with Crippen LogP contribution >= 0.6 is 35.3 Å². The van der Waals surface area contributed by atoms with Gasteiger partial charge in [-0.05, 0) is 0 Å². The summed E-state index contributed by atoms with van der Waals surface area (Å²) in [6, 6.07) is -0.773. The highest BCUT2D eigenvalue weighted by Gasteiger charge is 2.02. The minimum atomic E-state index is -0.773. The Morgan fingerprint density at radius 1 is 1.57 bits per heavy atom. The average molecular weight is 163 g/mol. The van der Waals surface area contributed by atoms with E-state index in [9.17, 15) is 4.79 Å². The van der Waals surface area contributed by atoms with E-state index < -0.39 is 6.03 Å². The molecule has 1 N–H and O–H groups in total. The van der Waals surface area contributed by atoms with Crippen molar-refractivity contribution in [3.8, 4) is 0 Å². The van der Waals surface area contributed by atoms with E-state index in [1.807, 2.05) is 0 Å². The van der Waals surface area contributed by atoms with Gasteiger partial charge in [-0.15, -0.1) is 3.94 Å². The van der Waals surface area contributed by atoms with Crippen LogP contribution in [-0.4, -0.2) is 9.97 Å². The van der Waals surface area contributed by atoms with Crippen LogP contribution in [0.2, 0.25) is 0 Å². The zero-order valence-electron chi connectivity index (χ0n) is 2.99. The molecular formula is CHCl3N2O. The number of halogens is 3. The van der Waals surface area contributed by atoms with Gasteiger partial charge < -0.3 is 0 Å². The van der Waals surface area contributed by atoms with Crippen molar-refractivity contribution in [2.24, 2.45) is 0 Å². The molecule has 0 rings (SSSR count). The smallest absolute Gasteiger partial charge is 0.248 e. The molecular weight excluding hydrogens is 162 g/mol. The third kappa shape index (κ3) is 2.79. The summed E-state index contributed by atoms with van der Waals surface area (Å²) < 4.78 is 0.285. The molecule has 0 radical (unpaired) electrons. The van der Waals surface area contributed by atoms with E-state index in [0.29, 0.717) is 0 Å². The van der Waals surface area contributed by atoms with Crippen LogP contribution in [0.4, 0.5) is 4.79 Å². The Labute approximate surface area is 55.5 Å². The lowest BCUT2D eigenvalue weighted by atomic mass is 11.2. The minimum Gasteiger partial charge on any atom is -0.248 e. The molecule has 0 spiro atoms. The van der Waals surface area contributed by atoms with Gasteiger partial charge in [-0.1, -0.05) is 0 Å². The molecule has 0 saturated heterocycles. The molecule has 0 aliphatic carbocycles. The Bertz CT molecular complexity index is 73.3. The lowest BCUT2D eigenvalue weighted by Gasteiger charge is -1.96. The summed E-state index contributed by atoms with van der Waals surface area (Å²) in [5.74, 6) is 0. The summed E-state index contributed by atoms with van der Waals surface area (Å²) in [6.07, 6.45) is 0. The summed E-state index contributed by atoms with van der Waals surface area (Å²) in [7, 11) is 0. The van der Waals surface area contributed by atoms with E-state index in [1.54, 1.807) is 4.84 Å². The van der Waals surface area contributed by atoms with Crippen molar-refractivity contribution in [2.45, 2.75) is 0 Å². The SMILES string of the molecule is O=C(NCl)N(Cl)Cl. The number of rotatable bonds is 0. The Kier molecular flexibility index (Phi) is 3.25. The quantitative estimate of drug-likeness (QED) is 0.539. The predicted octanol–water partition coefficient (Wildman–Crippen LogP) is 1.46. The molecule has 0 aromatic carbocycles. The van der Waals surface area contributed by atoms with E-state index in [2.05, 4.69) is 0 Å². The van der Waals surface area contributed by atoms with Gasteiger partial charge in [0, 0.05) is 35.3 Å². The zero-order valence-corrected chi connectivity index (χ0v) is 5.26. The predicted molar refractivity (Wildman–Crippen MR) is 27.9 cm³/mol. The molecule has 0 unspecified atom stereocenters. The third-order valence-electron chi connectivity index (χ3n) is 0.234. The average Bonchev–Trinajstić information content (AvgIpc) is 1.65. The second-order valence-electron chi connectivity index (χ2n) is 0.633. The van der Waals surface area contributed by atoms with Gasteiger partial charge in [0.1, 0.15) is 0 Å². The summed E-state index contributed by atoms with van der Waals surface area (Å²) in [5.41, 5.74) is 0. The standard InChI is InChI=1S/CHCl3N2O/c2-5-1(7)6(3)4/h(H,5,7). The highest BCUT2D eigenvalue weighted by atomic mass is 35.5. The van der Waals surface area contributed by atoms with Gasteiger partial charge in [-0.2, -0.15) is 0 Å². The van der Waals surface area contributed by atoms with E-state index in [4.69, 9.17) is 35.3 Å².